The van der Waals surface area contributed by atoms with Gasteiger partial charge >= 0.3 is 0 Å². The maximum Gasteiger partial charge on any atom is 0.263 e. The Morgan fingerprint density at radius 2 is 2.00 bits per heavy atom. The van der Waals surface area contributed by atoms with Gasteiger partial charge in [0.1, 0.15) is 4.88 Å². The summed E-state index contributed by atoms with van der Waals surface area (Å²) in [6, 6.07) is 0. The average molecular weight is 285 g/mol. The van der Waals surface area contributed by atoms with E-state index in [4.69, 9.17) is 0 Å². The number of anilines is 1. The minimum absolute atomic E-state index is 0.163. The highest BCUT2D eigenvalue weighted by Crippen LogP contribution is 2.24. The lowest BCUT2D eigenvalue weighted by Crippen LogP contribution is -2.42. The van der Waals surface area contributed by atoms with Crippen LogP contribution in [0.25, 0.3) is 0 Å². The van der Waals surface area contributed by atoms with Gasteiger partial charge in [-0.2, -0.15) is 0 Å². The van der Waals surface area contributed by atoms with Gasteiger partial charge in [-0.1, -0.05) is 25.2 Å². The lowest BCUT2D eigenvalue weighted by atomic mass is 9.97. The second-order valence-electron chi connectivity index (χ2n) is 4.92. The number of amides is 1. The van der Waals surface area contributed by atoms with Gasteiger partial charge in [0.25, 0.3) is 5.91 Å². The number of carbonyl (C=O) groups excluding carboxylic acids is 1. The number of aryl methyl sites for hydroxylation is 1. The summed E-state index contributed by atoms with van der Waals surface area (Å²) < 4.78 is 0. The van der Waals surface area contributed by atoms with Crippen LogP contribution < -0.4 is 10.2 Å². The molecule has 0 aliphatic rings. The van der Waals surface area contributed by atoms with Gasteiger partial charge in [0.2, 0.25) is 0 Å². The maximum absolute atomic E-state index is 12.1. The van der Waals surface area contributed by atoms with Crippen LogP contribution in [-0.4, -0.2) is 42.2 Å². The number of carbonyl (C=O) groups is 1. The molecule has 0 spiro atoms. The molecule has 0 aliphatic carbocycles. The molecule has 0 radical (unpaired) electrons. The topological polar surface area (TPSA) is 65.5 Å². The fourth-order valence-corrected chi connectivity index (χ4v) is 2.52. The van der Waals surface area contributed by atoms with E-state index in [2.05, 4.69) is 10.3 Å². The van der Waals surface area contributed by atoms with Gasteiger partial charge in [0, 0.05) is 20.6 Å². The number of nitrogens with one attached hydrogen (secondary N) is 1. The molecule has 1 rings (SSSR count). The molecule has 1 amide bonds. The quantitative estimate of drug-likeness (QED) is 0.836. The lowest BCUT2D eigenvalue weighted by molar-refractivity contribution is 0.0314. The predicted octanol–water partition coefficient (Wildman–Crippen LogP) is 1.80. The first-order valence-corrected chi connectivity index (χ1v) is 7.30. The van der Waals surface area contributed by atoms with Crippen LogP contribution >= 0.6 is 11.3 Å². The number of aromatic nitrogens is 1. The Labute approximate surface area is 118 Å². The molecule has 19 heavy (non-hydrogen) atoms. The molecule has 0 saturated heterocycles. The number of nitrogens with zero attached hydrogens (tertiary/aromatic N) is 2. The molecule has 0 fully saturated rings. The second kappa shape index (κ2) is 6.34. The SMILES string of the molecule is CCC(O)(CC)CNC(=O)c1sc(N(C)C)nc1C. The molecule has 0 saturated carbocycles. The fraction of sp³-hybridized carbons (Fsp3) is 0.692. The number of hydrogen-bond donors (Lipinski definition) is 2. The van der Waals surface area contributed by atoms with Crippen molar-refractivity contribution in [3.05, 3.63) is 10.6 Å². The molecule has 1 aromatic heterocycles. The van der Waals surface area contributed by atoms with E-state index in [1.807, 2.05) is 39.8 Å². The van der Waals surface area contributed by atoms with Gasteiger partial charge in [-0.25, -0.2) is 4.98 Å². The van der Waals surface area contributed by atoms with Crippen LogP contribution in [0.2, 0.25) is 0 Å². The molecule has 5 nitrogen and oxygen atoms in total. The Morgan fingerprint density at radius 1 is 1.42 bits per heavy atom. The molecule has 0 aliphatic heterocycles. The van der Waals surface area contributed by atoms with Crippen molar-refractivity contribution in [1.29, 1.82) is 0 Å². The standard InChI is InChI=1S/C13H23N3O2S/c1-6-13(18,7-2)8-14-11(17)10-9(3)15-12(19-10)16(4)5/h18H,6-8H2,1-5H3,(H,14,17). The van der Waals surface area contributed by atoms with E-state index in [0.717, 1.165) is 10.8 Å². The second-order valence-corrected chi connectivity index (χ2v) is 5.90. The zero-order valence-corrected chi connectivity index (χ0v) is 13.1. The van der Waals surface area contributed by atoms with E-state index >= 15 is 0 Å². The van der Waals surface area contributed by atoms with Crippen molar-refractivity contribution in [1.82, 2.24) is 10.3 Å². The fourth-order valence-electron chi connectivity index (χ4n) is 1.61. The smallest absolute Gasteiger partial charge is 0.263 e. The monoisotopic (exact) mass is 285 g/mol. The summed E-state index contributed by atoms with van der Waals surface area (Å²) >= 11 is 1.36. The van der Waals surface area contributed by atoms with Crippen molar-refractivity contribution in [2.75, 3.05) is 25.5 Å². The van der Waals surface area contributed by atoms with E-state index in [9.17, 15) is 9.90 Å². The molecule has 1 aromatic rings. The maximum atomic E-state index is 12.1. The first kappa shape index (κ1) is 15.9. The molecule has 0 aromatic carbocycles. The summed E-state index contributed by atoms with van der Waals surface area (Å²) in [7, 11) is 3.79. The molecule has 0 bridgehead atoms. The van der Waals surface area contributed by atoms with Crippen LogP contribution in [0.1, 0.15) is 42.1 Å². The first-order valence-electron chi connectivity index (χ1n) is 6.48. The number of aliphatic hydroxyl groups is 1. The van der Waals surface area contributed by atoms with E-state index in [-0.39, 0.29) is 12.5 Å². The molecule has 1 heterocycles. The first-order chi connectivity index (χ1) is 8.83. The van der Waals surface area contributed by atoms with Gasteiger partial charge in [-0.3, -0.25) is 4.79 Å². The van der Waals surface area contributed by atoms with Gasteiger partial charge in [0.05, 0.1) is 11.3 Å². The molecule has 108 valence electrons. The zero-order valence-electron chi connectivity index (χ0n) is 12.3. The van der Waals surface area contributed by atoms with Crippen molar-refractivity contribution in [2.24, 2.45) is 0 Å². The third kappa shape index (κ3) is 3.91. The Kier molecular flexibility index (Phi) is 5.31. The minimum Gasteiger partial charge on any atom is -0.388 e. The average Bonchev–Trinajstić information content (AvgIpc) is 2.78. The molecule has 0 atom stereocenters. The number of rotatable bonds is 6. The highest BCUT2D eigenvalue weighted by molar-refractivity contribution is 7.17. The third-order valence-corrected chi connectivity index (χ3v) is 4.59. The molecule has 2 N–H and O–H groups in total. The largest absolute Gasteiger partial charge is 0.388 e. The van der Waals surface area contributed by atoms with E-state index in [1.165, 1.54) is 11.3 Å². The predicted molar refractivity (Wildman–Crippen MR) is 79.0 cm³/mol. The van der Waals surface area contributed by atoms with Gasteiger partial charge < -0.3 is 15.3 Å². The van der Waals surface area contributed by atoms with Crippen LogP contribution in [0.15, 0.2) is 0 Å². The van der Waals surface area contributed by atoms with Gasteiger partial charge in [0.15, 0.2) is 5.13 Å². The van der Waals surface area contributed by atoms with Gasteiger partial charge in [-0.05, 0) is 19.8 Å². The third-order valence-electron chi connectivity index (χ3n) is 3.27. The Hall–Kier alpha value is -1.14. The Balaban J connectivity index is 2.74. The zero-order chi connectivity index (χ0) is 14.6. The highest BCUT2D eigenvalue weighted by atomic mass is 32.1. The van der Waals surface area contributed by atoms with Crippen molar-refractivity contribution in [3.8, 4) is 0 Å². The molecular weight excluding hydrogens is 262 g/mol. The summed E-state index contributed by atoms with van der Waals surface area (Å²) in [5, 5.41) is 13.8. The summed E-state index contributed by atoms with van der Waals surface area (Å²) in [6.45, 7) is 5.92. The van der Waals surface area contributed by atoms with Crippen LogP contribution in [0.5, 0.6) is 0 Å². The van der Waals surface area contributed by atoms with Crippen molar-refractivity contribution in [3.63, 3.8) is 0 Å². The number of thiazole rings is 1. The lowest BCUT2D eigenvalue weighted by Gasteiger charge is -2.25. The van der Waals surface area contributed by atoms with E-state index in [0.29, 0.717) is 17.7 Å². The highest BCUT2D eigenvalue weighted by Gasteiger charge is 2.24. The minimum atomic E-state index is -0.821. The van der Waals surface area contributed by atoms with Crippen molar-refractivity contribution in [2.45, 2.75) is 39.2 Å². The molecular formula is C13H23N3O2S. The Morgan fingerprint density at radius 3 is 2.42 bits per heavy atom. The normalized spacial score (nSPS) is 11.5. The van der Waals surface area contributed by atoms with Gasteiger partial charge in [-0.15, -0.1) is 0 Å². The summed E-state index contributed by atoms with van der Waals surface area (Å²) in [6.07, 6.45) is 1.24. The van der Waals surface area contributed by atoms with Crippen LogP contribution in [0, 0.1) is 6.92 Å². The summed E-state index contributed by atoms with van der Waals surface area (Å²) in [4.78, 5) is 18.9. The molecule has 0 unspecified atom stereocenters. The van der Waals surface area contributed by atoms with Crippen LogP contribution in [0.4, 0.5) is 5.13 Å². The Bertz CT molecular complexity index is 439. The van der Waals surface area contributed by atoms with Crippen LogP contribution in [-0.2, 0) is 0 Å². The van der Waals surface area contributed by atoms with E-state index < -0.39 is 5.60 Å². The molecule has 6 heteroatoms. The van der Waals surface area contributed by atoms with E-state index in [1.54, 1.807) is 0 Å². The summed E-state index contributed by atoms with van der Waals surface area (Å²) in [5.74, 6) is -0.163. The number of hydrogen-bond acceptors (Lipinski definition) is 5. The summed E-state index contributed by atoms with van der Waals surface area (Å²) in [5.41, 5.74) is -0.0960. The van der Waals surface area contributed by atoms with Crippen molar-refractivity contribution < 1.29 is 9.90 Å². The van der Waals surface area contributed by atoms with Crippen molar-refractivity contribution >= 4 is 22.4 Å². The van der Waals surface area contributed by atoms with Crippen LogP contribution in [0.3, 0.4) is 0 Å².